The Bertz CT molecular complexity index is 463. The van der Waals surface area contributed by atoms with Gasteiger partial charge in [0.2, 0.25) is 0 Å². The van der Waals surface area contributed by atoms with Crippen LogP contribution in [0.3, 0.4) is 0 Å². The van der Waals surface area contributed by atoms with E-state index in [0.717, 1.165) is 31.5 Å². The lowest BCUT2D eigenvalue weighted by Crippen LogP contribution is -2.49. The monoisotopic (exact) mass is 248 g/mol. The van der Waals surface area contributed by atoms with E-state index in [4.69, 9.17) is 4.74 Å². The molecule has 2 aliphatic rings. The predicted molar refractivity (Wildman–Crippen MR) is 65.9 cm³/mol. The van der Waals surface area contributed by atoms with Crippen LogP contribution in [0.2, 0.25) is 0 Å². The zero-order chi connectivity index (χ0) is 12.5. The fourth-order valence-corrected chi connectivity index (χ4v) is 3.02. The SMILES string of the molecule is O=C(O)c1ncccc1N1CCOC2CCCC21. The van der Waals surface area contributed by atoms with Gasteiger partial charge in [0.1, 0.15) is 0 Å². The van der Waals surface area contributed by atoms with Gasteiger partial charge in [0.25, 0.3) is 0 Å². The fraction of sp³-hybridized carbons (Fsp3) is 0.538. The van der Waals surface area contributed by atoms with Crippen molar-refractivity contribution >= 4 is 11.7 Å². The van der Waals surface area contributed by atoms with Crippen molar-refractivity contribution in [1.29, 1.82) is 0 Å². The summed E-state index contributed by atoms with van der Waals surface area (Å²) in [5, 5.41) is 9.22. The first kappa shape index (κ1) is 11.5. The summed E-state index contributed by atoms with van der Waals surface area (Å²) in [6.45, 7) is 1.41. The summed E-state index contributed by atoms with van der Waals surface area (Å²) in [6.07, 6.45) is 5.07. The molecule has 1 saturated carbocycles. The highest BCUT2D eigenvalue weighted by Gasteiger charge is 2.37. The van der Waals surface area contributed by atoms with Crippen LogP contribution in [0.4, 0.5) is 5.69 Å². The summed E-state index contributed by atoms with van der Waals surface area (Å²) in [5.41, 5.74) is 0.871. The van der Waals surface area contributed by atoms with Gasteiger partial charge in [0.15, 0.2) is 5.69 Å². The van der Waals surface area contributed by atoms with Crippen LogP contribution in [0.1, 0.15) is 29.8 Å². The first-order valence-electron chi connectivity index (χ1n) is 6.34. The smallest absolute Gasteiger partial charge is 0.356 e. The number of carboxylic acids is 1. The molecule has 1 aromatic rings. The summed E-state index contributed by atoms with van der Waals surface area (Å²) in [7, 11) is 0. The second-order valence-corrected chi connectivity index (χ2v) is 4.78. The normalized spacial score (nSPS) is 27.0. The van der Waals surface area contributed by atoms with Crippen LogP contribution in [-0.4, -0.2) is 41.4 Å². The van der Waals surface area contributed by atoms with Gasteiger partial charge in [-0.1, -0.05) is 0 Å². The Labute approximate surface area is 105 Å². The van der Waals surface area contributed by atoms with E-state index in [1.807, 2.05) is 6.07 Å². The molecule has 2 atom stereocenters. The van der Waals surface area contributed by atoms with Crippen molar-refractivity contribution in [3.63, 3.8) is 0 Å². The molecule has 2 unspecified atom stereocenters. The van der Waals surface area contributed by atoms with Crippen molar-refractivity contribution in [2.45, 2.75) is 31.4 Å². The Morgan fingerprint density at radius 2 is 2.39 bits per heavy atom. The molecule has 2 heterocycles. The van der Waals surface area contributed by atoms with Crippen LogP contribution in [0, 0.1) is 0 Å². The van der Waals surface area contributed by atoms with Gasteiger partial charge in [-0.25, -0.2) is 9.78 Å². The molecule has 0 radical (unpaired) electrons. The van der Waals surface area contributed by atoms with E-state index in [0.29, 0.717) is 12.6 Å². The highest BCUT2D eigenvalue weighted by atomic mass is 16.5. The molecular formula is C13H16N2O3. The largest absolute Gasteiger partial charge is 0.476 e. The third-order valence-corrected chi connectivity index (χ3v) is 3.78. The number of rotatable bonds is 2. The lowest BCUT2D eigenvalue weighted by Gasteiger charge is -2.39. The average Bonchev–Trinajstić information content (AvgIpc) is 2.86. The third kappa shape index (κ3) is 1.84. The minimum absolute atomic E-state index is 0.144. The average molecular weight is 248 g/mol. The number of carboxylic acid groups (broad SMARTS) is 1. The fourth-order valence-electron chi connectivity index (χ4n) is 3.02. The van der Waals surface area contributed by atoms with Gasteiger partial charge < -0.3 is 14.7 Å². The molecule has 18 heavy (non-hydrogen) atoms. The molecular weight excluding hydrogens is 232 g/mol. The Morgan fingerprint density at radius 3 is 3.22 bits per heavy atom. The highest BCUT2D eigenvalue weighted by Crippen LogP contribution is 2.34. The number of hydrogen-bond donors (Lipinski definition) is 1. The topological polar surface area (TPSA) is 62.7 Å². The molecule has 1 aliphatic heterocycles. The van der Waals surface area contributed by atoms with E-state index in [1.165, 1.54) is 6.20 Å². The van der Waals surface area contributed by atoms with Crippen LogP contribution in [0.15, 0.2) is 18.3 Å². The molecule has 96 valence electrons. The minimum Gasteiger partial charge on any atom is -0.476 e. The van der Waals surface area contributed by atoms with Crippen molar-refractivity contribution in [1.82, 2.24) is 4.98 Å². The first-order valence-corrected chi connectivity index (χ1v) is 6.34. The number of morpholine rings is 1. The zero-order valence-corrected chi connectivity index (χ0v) is 10.1. The second kappa shape index (κ2) is 4.57. The van der Waals surface area contributed by atoms with E-state index in [2.05, 4.69) is 9.88 Å². The standard InChI is InChI=1S/C13H16N2O3/c16-13(17)12-10(4-2-6-14-12)15-7-8-18-11-5-1-3-9(11)15/h2,4,6,9,11H,1,3,5,7-8H2,(H,16,17). The second-order valence-electron chi connectivity index (χ2n) is 4.78. The van der Waals surface area contributed by atoms with Gasteiger partial charge in [-0.15, -0.1) is 0 Å². The number of aromatic nitrogens is 1. The number of fused-ring (bicyclic) bond motifs is 1. The molecule has 0 bridgehead atoms. The number of ether oxygens (including phenoxy) is 1. The van der Waals surface area contributed by atoms with Gasteiger partial charge in [-0.05, 0) is 31.4 Å². The number of pyridine rings is 1. The van der Waals surface area contributed by atoms with E-state index in [9.17, 15) is 9.90 Å². The Hall–Kier alpha value is -1.62. The number of anilines is 1. The molecule has 5 heteroatoms. The minimum atomic E-state index is -0.966. The molecule has 1 aromatic heterocycles. The predicted octanol–water partition coefficient (Wildman–Crippen LogP) is 1.54. The van der Waals surface area contributed by atoms with Gasteiger partial charge in [-0.2, -0.15) is 0 Å². The van der Waals surface area contributed by atoms with Crippen molar-refractivity contribution in [2.75, 3.05) is 18.1 Å². The molecule has 1 saturated heterocycles. The van der Waals surface area contributed by atoms with Crippen LogP contribution in [0.25, 0.3) is 0 Å². The van der Waals surface area contributed by atoms with Crippen molar-refractivity contribution in [2.24, 2.45) is 0 Å². The summed E-state index contributed by atoms with van der Waals surface area (Å²) < 4.78 is 5.74. The van der Waals surface area contributed by atoms with Gasteiger partial charge in [0, 0.05) is 12.7 Å². The molecule has 5 nitrogen and oxygen atoms in total. The maximum atomic E-state index is 11.2. The number of aromatic carboxylic acids is 1. The molecule has 1 N–H and O–H groups in total. The summed E-state index contributed by atoms with van der Waals surface area (Å²) >= 11 is 0. The Balaban J connectivity index is 1.96. The number of nitrogens with zero attached hydrogens (tertiary/aromatic N) is 2. The highest BCUT2D eigenvalue weighted by molar-refractivity contribution is 5.92. The molecule has 3 rings (SSSR count). The lowest BCUT2D eigenvalue weighted by atomic mass is 10.1. The molecule has 0 aromatic carbocycles. The maximum Gasteiger partial charge on any atom is 0.356 e. The van der Waals surface area contributed by atoms with E-state index in [-0.39, 0.29) is 11.8 Å². The van der Waals surface area contributed by atoms with Crippen molar-refractivity contribution in [3.05, 3.63) is 24.0 Å². The van der Waals surface area contributed by atoms with Crippen molar-refractivity contribution in [3.8, 4) is 0 Å². The summed E-state index contributed by atoms with van der Waals surface area (Å²) in [5.74, 6) is -0.966. The van der Waals surface area contributed by atoms with Crippen LogP contribution in [0.5, 0.6) is 0 Å². The molecule has 1 aliphatic carbocycles. The van der Waals surface area contributed by atoms with Crippen LogP contribution in [-0.2, 0) is 4.74 Å². The van der Waals surface area contributed by atoms with Crippen molar-refractivity contribution < 1.29 is 14.6 Å². The summed E-state index contributed by atoms with van der Waals surface area (Å²) in [4.78, 5) is 17.4. The Morgan fingerprint density at radius 1 is 1.50 bits per heavy atom. The van der Waals surface area contributed by atoms with E-state index in [1.54, 1.807) is 6.07 Å². The summed E-state index contributed by atoms with van der Waals surface area (Å²) in [6, 6.07) is 3.94. The van der Waals surface area contributed by atoms with Gasteiger partial charge in [-0.3, -0.25) is 0 Å². The van der Waals surface area contributed by atoms with Crippen LogP contribution >= 0.6 is 0 Å². The molecule has 0 amide bonds. The number of carbonyl (C=O) groups is 1. The first-order chi connectivity index (χ1) is 8.77. The molecule has 0 spiro atoms. The van der Waals surface area contributed by atoms with E-state index >= 15 is 0 Å². The zero-order valence-electron chi connectivity index (χ0n) is 10.1. The number of hydrogen-bond acceptors (Lipinski definition) is 4. The molecule has 2 fully saturated rings. The third-order valence-electron chi connectivity index (χ3n) is 3.78. The quantitative estimate of drug-likeness (QED) is 0.860. The van der Waals surface area contributed by atoms with E-state index < -0.39 is 5.97 Å². The Kier molecular flexibility index (Phi) is 2.91. The van der Waals surface area contributed by atoms with Crippen LogP contribution < -0.4 is 4.90 Å². The lowest BCUT2D eigenvalue weighted by molar-refractivity contribution is 0.0254. The van der Waals surface area contributed by atoms with Gasteiger partial charge >= 0.3 is 5.97 Å². The maximum absolute atomic E-state index is 11.2. The van der Waals surface area contributed by atoms with Gasteiger partial charge in [0.05, 0.1) is 24.4 Å².